The van der Waals surface area contributed by atoms with Crippen LogP contribution in [0.5, 0.6) is 0 Å². The van der Waals surface area contributed by atoms with Crippen LogP contribution in [-0.2, 0) is 40.6 Å². The first kappa shape index (κ1) is 36.0. The van der Waals surface area contributed by atoms with Crippen LogP contribution in [0.2, 0.25) is 0 Å². The molecule has 0 amide bonds. The van der Waals surface area contributed by atoms with Gasteiger partial charge in [0.05, 0.1) is 0 Å². The summed E-state index contributed by atoms with van der Waals surface area (Å²) in [4.78, 5) is 0. The maximum atomic E-state index is 7.50. The molecule has 1 aliphatic carbocycles. The van der Waals surface area contributed by atoms with Crippen molar-refractivity contribution in [1.82, 2.24) is 0 Å². The van der Waals surface area contributed by atoms with Crippen LogP contribution < -0.4 is 0 Å². The molecule has 0 spiro atoms. The van der Waals surface area contributed by atoms with Crippen molar-refractivity contribution in [3.05, 3.63) is 39.0 Å². The molecule has 0 bridgehead atoms. The van der Waals surface area contributed by atoms with Gasteiger partial charge in [0.2, 0.25) is 0 Å². The van der Waals surface area contributed by atoms with Gasteiger partial charge in [0.1, 0.15) is 0 Å². The van der Waals surface area contributed by atoms with Gasteiger partial charge in [-0.3, -0.25) is 0 Å². The van der Waals surface area contributed by atoms with Crippen molar-refractivity contribution in [2.45, 2.75) is 38.1 Å². The first-order valence-electron chi connectivity index (χ1n) is 4.13. The van der Waals surface area contributed by atoms with Crippen molar-refractivity contribution >= 4 is 0 Å². The van der Waals surface area contributed by atoms with Gasteiger partial charge in [0.25, 0.3) is 0 Å². The summed E-state index contributed by atoms with van der Waals surface area (Å²) in [5.41, 5.74) is 7.27. The SMILES string of the molecule is [C-]#[O+].[C-]#[O+].[C-]#[O+].[C-]#[O+].[C-]#[O+].[Cr].[NH-]C1CCCCC1. The van der Waals surface area contributed by atoms with Gasteiger partial charge in [-0.15, -0.1) is 6.04 Å². The van der Waals surface area contributed by atoms with Crippen molar-refractivity contribution in [3.63, 3.8) is 0 Å². The van der Waals surface area contributed by atoms with E-state index in [4.69, 9.17) is 29.0 Å². The smallest absolute Gasteiger partial charge is 0 e. The first-order valence-corrected chi connectivity index (χ1v) is 4.13. The quantitative estimate of drug-likeness (QED) is 0.479. The fourth-order valence-corrected chi connectivity index (χ4v) is 1.10. The molecule has 18 heavy (non-hydrogen) atoms. The molecule has 0 atom stereocenters. The maximum Gasteiger partial charge on any atom is 0 e. The molecule has 1 saturated carbocycles. The summed E-state index contributed by atoms with van der Waals surface area (Å²) in [5.74, 6) is 0. The molecule has 0 aromatic carbocycles. The molecule has 0 radical (unpaired) electrons. The fourth-order valence-electron chi connectivity index (χ4n) is 1.10. The van der Waals surface area contributed by atoms with Crippen LogP contribution in [0.25, 0.3) is 5.73 Å². The monoisotopic (exact) mass is 290 g/mol. The Morgan fingerprint density at radius 3 is 0.944 bits per heavy atom. The molecule has 7 heteroatoms. The predicted molar refractivity (Wildman–Crippen MR) is 50.8 cm³/mol. The molecule has 0 saturated heterocycles. The second-order valence-corrected chi connectivity index (χ2v) is 2.33. The van der Waals surface area contributed by atoms with E-state index in [0.29, 0.717) is 0 Å². The molecular formula is C11H12CrNO5-. The Morgan fingerprint density at radius 2 is 0.833 bits per heavy atom. The third kappa shape index (κ3) is 59.2. The number of hydrogen-bond acceptors (Lipinski definition) is 0. The van der Waals surface area contributed by atoms with E-state index in [9.17, 15) is 0 Å². The van der Waals surface area contributed by atoms with Crippen molar-refractivity contribution < 1.29 is 40.6 Å². The molecule has 0 aromatic rings. The Bertz CT molecular complexity index is 169. The zero-order chi connectivity index (χ0) is 15.1. The minimum atomic E-state index is 0. The second kappa shape index (κ2) is 72.2. The zero-order valence-corrected chi connectivity index (χ0v) is 10.8. The molecule has 1 rings (SSSR count). The molecular weight excluding hydrogens is 278 g/mol. The largest absolute Gasteiger partial charge is 0.675 e. The summed E-state index contributed by atoms with van der Waals surface area (Å²) in [7, 11) is 0. The summed E-state index contributed by atoms with van der Waals surface area (Å²) in [6.45, 7) is 22.5. The summed E-state index contributed by atoms with van der Waals surface area (Å²) in [5, 5.41) is 0. The average Bonchev–Trinajstić information content (AvgIpc) is 2.50. The third-order valence-electron chi connectivity index (χ3n) is 1.61. The number of hydrogen-bond donors (Lipinski definition) is 0. The summed E-state index contributed by atoms with van der Waals surface area (Å²) in [6.07, 6.45) is 6.28. The summed E-state index contributed by atoms with van der Waals surface area (Å²) >= 11 is 0. The van der Waals surface area contributed by atoms with Crippen molar-refractivity contribution in [1.29, 1.82) is 0 Å². The van der Waals surface area contributed by atoms with Gasteiger partial charge in [-0.25, -0.2) is 0 Å². The normalized spacial score (nSPS) is 10.4. The van der Waals surface area contributed by atoms with Gasteiger partial charge in [-0.1, -0.05) is 32.1 Å². The average molecular weight is 290 g/mol. The van der Waals surface area contributed by atoms with E-state index in [1.807, 2.05) is 0 Å². The van der Waals surface area contributed by atoms with Crippen LogP contribution in [0.3, 0.4) is 0 Å². The molecule has 1 fully saturated rings. The van der Waals surface area contributed by atoms with E-state index in [-0.39, 0.29) is 23.4 Å². The topological polar surface area (TPSA) is 123 Å². The van der Waals surface area contributed by atoms with Crippen LogP contribution in [0, 0.1) is 33.3 Å². The molecule has 98 valence electrons. The third-order valence-corrected chi connectivity index (χ3v) is 1.61. The molecule has 0 unspecified atom stereocenters. The minimum absolute atomic E-state index is 0. The molecule has 0 aliphatic heterocycles. The van der Waals surface area contributed by atoms with Crippen LogP contribution in [-0.4, -0.2) is 6.04 Å². The van der Waals surface area contributed by atoms with Crippen molar-refractivity contribution in [3.8, 4) is 0 Å². The van der Waals surface area contributed by atoms with E-state index in [1.165, 1.54) is 19.3 Å². The Hall–Kier alpha value is -0.808. The summed E-state index contributed by atoms with van der Waals surface area (Å²) in [6, 6.07) is 0.286. The molecule has 0 aromatic heterocycles. The fraction of sp³-hybridized carbons (Fsp3) is 0.545. The van der Waals surface area contributed by atoms with Crippen LogP contribution >= 0.6 is 0 Å². The number of rotatable bonds is 0. The van der Waals surface area contributed by atoms with Crippen LogP contribution in [0.15, 0.2) is 0 Å². The standard InChI is InChI=1S/C6H12N.5CO.Cr/c7-6-4-2-1-3-5-6;5*1-2;/h6-7H,1-5H2;;;;;;/q-1;;;;;;. The molecule has 6 nitrogen and oxygen atoms in total. The van der Waals surface area contributed by atoms with E-state index in [0.717, 1.165) is 12.8 Å². The molecule has 1 N–H and O–H groups in total. The Labute approximate surface area is 118 Å². The molecule has 0 heterocycles. The Kier molecular flexibility index (Phi) is 144. The van der Waals surface area contributed by atoms with Gasteiger partial charge in [0, 0.05) is 17.4 Å². The number of nitrogens with one attached hydrogen (secondary N) is 1. The van der Waals surface area contributed by atoms with E-state index in [1.54, 1.807) is 0 Å². The van der Waals surface area contributed by atoms with Crippen LogP contribution in [0.1, 0.15) is 32.1 Å². The first-order chi connectivity index (χ1) is 8.39. The Balaban J connectivity index is -0.0000000285. The Morgan fingerprint density at radius 1 is 0.611 bits per heavy atom. The zero-order valence-electron chi connectivity index (χ0n) is 9.56. The molecule has 1 aliphatic rings. The van der Waals surface area contributed by atoms with E-state index < -0.39 is 0 Å². The van der Waals surface area contributed by atoms with Crippen molar-refractivity contribution in [2.75, 3.05) is 0 Å². The predicted octanol–water partition coefficient (Wildman–Crippen LogP) is 2.18. The maximum absolute atomic E-state index is 7.50. The summed E-state index contributed by atoms with van der Waals surface area (Å²) < 4.78 is 37.5. The van der Waals surface area contributed by atoms with Gasteiger partial charge in [-0.05, 0) is 0 Å². The van der Waals surface area contributed by atoms with Gasteiger partial charge in [0.15, 0.2) is 0 Å². The van der Waals surface area contributed by atoms with Crippen molar-refractivity contribution in [2.24, 2.45) is 0 Å². The van der Waals surface area contributed by atoms with E-state index >= 15 is 0 Å². The second-order valence-electron chi connectivity index (χ2n) is 2.33. The van der Waals surface area contributed by atoms with Gasteiger partial charge in [-0.2, -0.15) is 0 Å². The van der Waals surface area contributed by atoms with Gasteiger partial charge >= 0.3 is 56.5 Å². The van der Waals surface area contributed by atoms with Gasteiger partial charge < -0.3 is 5.73 Å². The van der Waals surface area contributed by atoms with E-state index in [2.05, 4.69) is 33.3 Å². The van der Waals surface area contributed by atoms with Crippen LogP contribution in [0.4, 0.5) is 0 Å². The minimum Gasteiger partial charge on any atom is -0.675 e.